The molecule has 0 N–H and O–H groups in total. The van der Waals surface area contributed by atoms with Gasteiger partial charge in [-0.2, -0.15) is 0 Å². The molecule has 0 aromatic heterocycles. The molecule has 0 atom stereocenters. The Morgan fingerprint density at radius 1 is 1.00 bits per heavy atom. The van der Waals surface area contributed by atoms with Crippen molar-refractivity contribution >= 4 is 21.7 Å². The van der Waals surface area contributed by atoms with Crippen LogP contribution in [0.2, 0.25) is 0 Å². The maximum absolute atomic E-state index is 13.6. The molecule has 0 heterocycles. The highest BCUT2D eigenvalue weighted by molar-refractivity contribution is 9.10. The molecular weight excluding hydrogens is 271 g/mol. The summed E-state index contributed by atoms with van der Waals surface area (Å²) in [6.07, 6.45) is 0. The number of rotatable bonds is 0. The quantitative estimate of drug-likeness (QED) is 0.610. The van der Waals surface area contributed by atoms with E-state index in [-0.39, 0.29) is 11.3 Å². The van der Waals surface area contributed by atoms with Crippen molar-refractivity contribution in [3.63, 3.8) is 0 Å². The van der Waals surface area contributed by atoms with E-state index in [1.54, 1.807) is 18.2 Å². The number of fused-ring (bicyclic) bond motifs is 3. The number of carbonyl (C=O) groups excluding carboxylic acids is 1. The molecule has 0 fully saturated rings. The van der Waals surface area contributed by atoms with Gasteiger partial charge in [0.15, 0.2) is 5.78 Å². The van der Waals surface area contributed by atoms with Gasteiger partial charge < -0.3 is 0 Å². The second kappa shape index (κ2) is 3.25. The Morgan fingerprint density at radius 3 is 2.62 bits per heavy atom. The van der Waals surface area contributed by atoms with E-state index in [1.807, 2.05) is 12.1 Å². The van der Waals surface area contributed by atoms with Crippen LogP contribution in [0, 0.1) is 5.82 Å². The number of carbonyl (C=O) groups is 1. The van der Waals surface area contributed by atoms with E-state index < -0.39 is 5.82 Å². The van der Waals surface area contributed by atoms with Crippen molar-refractivity contribution in [3.8, 4) is 11.1 Å². The molecular formula is C13H6BrFO. The zero-order valence-corrected chi connectivity index (χ0v) is 9.71. The number of halogens is 2. The van der Waals surface area contributed by atoms with E-state index in [1.165, 1.54) is 6.07 Å². The highest BCUT2D eigenvalue weighted by atomic mass is 79.9. The fourth-order valence-corrected chi connectivity index (χ4v) is 2.41. The molecule has 0 saturated heterocycles. The van der Waals surface area contributed by atoms with Gasteiger partial charge in [-0.05, 0) is 29.3 Å². The summed E-state index contributed by atoms with van der Waals surface area (Å²) in [4.78, 5) is 12.0. The standard InChI is InChI=1S/C13H6BrFO/c14-7-4-5-8-9-2-1-3-11(15)12(9)13(16)10(8)6-7/h1-6H. The van der Waals surface area contributed by atoms with Gasteiger partial charge >= 0.3 is 0 Å². The molecule has 0 aliphatic heterocycles. The summed E-state index contributed by atoms with van der Waals surface area (Å²) in [5.41, 5.74) is 2.25. The lowest BCUT2D eigenvalue weighted by atomic mass is 10.1. The minimum absolute atomic E-state index is 0.190. The molecule has 78 valence electrons. The average molecular weight is 277 g/mol. The molecule has 0 unspecified atom stereocenters. The molecule has 1 aliphatic carbocycles. The first kappa shape index (κ1) is 9.73. The van der Waals surface area contributed by atoms with Crippen LogP contribution in [0.3, 0.4) is 0 Å². The van der Waals surface area contributed by atoms with Crippen molar-refractivity contribution < 1.29 is 9.18 Å². The molecule has 1 nitrogen and oxygen atoms in total. The van der Waals surface area contributed by atoms with Crippen molar-refractivity contribution in [1.82, 2.24) is 0 Å². The van der Waals surface area contributed by atoms with Gasteiger partial charge in [0.05, 0.1) is 5.56 Å². The summed E-state index contributed by atoms with van der Waals surface area (Å²) in [7, 11) is 0. The summed E-state index contributed by atoms with van der Waals surface area (Å²) in [5.74, 6) is -0.681. The van der Waals surface area contributed by atoms with Crippen molar-refractivity contribution in [2.24, 2.45) is 0 Å². The minimum atomic E-state index is -0.449. The average Bonchev–Trinajstić information content (AvgIpc) is 2.54. The molecule has 0 bridgehead atoms. The van der Waals surface area contributed by atoms with Gasteiger partial charge in [-0.3, -0.25) is 4.79 Å². The summed E-state index contributed by atoms with van der Waals surface area (Å²) >= 11 is 3.31. The number of benzene rings is 2. The molecule has 0 radical (unpaired) electrons. The molecule has 2 aromatic carbocycles. The summed E-state index contributed by atoms with van der Waals surface area (Å²) in [6.45, 7) is 0. The lowest BCUT2D eigenvalue weighted by molar-refractivity contribution is 0.104. The largest absolute Gasteiger partial charge is 0.288 e. The van der Waals surface area contributed by atoms with Crippen molar-refractivity contribution in [2.45, 2.75) is 0 Å². The number of ketones is 1. The fourth-order valence-electron chi connectivity index (χ4n) is 2.05. The summed E-state index contributed by atoms with van der Waals surface area (Å²) in [5, 5.41) is 0. The molecule has 3 rings (SSSR count). The minimum Gasteiger partial charge on any atom is -0.288 e. The molecule has 0 spiro atoms. The number of hydrogen-bond acceptors (Lipinski definition) is 1. The molecule has 3 heteroatoms. The van der Waals surface area contributed by atoms with E-state index in [4.69, 9.17) is 0 Å². The summed E-state index contributed by atoms with van der Waals surface area (Å²) < 4.78 is 14.4. The number of hydrogen-bond donors (Lipinski definition) is 0. The third-order valence-corrected chi connectivity index (χ3v) is 3.25. The van der Waals surface area contributed by atoms with Gasteiger partial charge in [0.1, 0.15) is 5.82 Å². The van der Waals surface area contributed by atoms with Crippen LogP contribution in [0.15, 0.2) is 40.9 Å². The van der Waals surface area contributed by atoms with Crippen LogP contribution in [0.1, 0.15) is 15.9 Å². The molecule has 16 heavy (non-hydrogen) atoms. The Hall–Kier alpha value is -1.48. The Kier molecular flexibility index (Phi) is 1.98. The zero-order chi connectivity index (χ0) is 11.3. The van der Waals surface area contributed by atoms with Crippen molar-refractivity contribution in [1.29, 1.82) is 0 Å². The van der Waals surface area contributed by atoms with E-state index in [2.05, 4.69) is 15.9 Å². The maximum Gasteiger partial charge on any atom is 0.197 e. The Bertz CT molecular complexity index is 619. The van der Waals surface area contributed by atoms with Crippen LogP contribution in [0.5, 0.6) is 0 Å². The van der Waals surface area contributed by atoms with Crippen LogP contribution in [-0.4, -0.2) is 5.78 Å². The third kappa shape index (κ3) is 1.18. The van der Waals surface area contributed by atoms with Gasteiger partial charge in [0.25, 0.3) is 0 Å². The summed E-state index contributed by atoms with van der Waals surface area (Å²) in [6, 6.07) is 10.1. The predicted molar refractivity (Wildman–Crippen MR) is 63.0 cm³/mol. The highest BCUT2D eigenvalue weighted by Gasteiger charge is 2.29. The van der Waals surface area contributed by atoms with Crippen molar-refractivity contribution in [3.05, 3.63) is 57.8 Å². The zero-order valence-electron chi connectivity index (χ0n) is 8.13. The smallest absolute Gasteiger partial charge is 0.197 e. The van der Waals surface area contributed by atoms with Crippen molar-refractivity contribution in [2.75, 3.05) is 0 Å². The van der Waals surface area contributed by atoms with Gasteiger partial charge in [-0.15, -0.1) is 0 Å². The Morgan fingerprint density at radius 2 is 1.81 bits per heavy atom. The van der Waals surface area contributed by atoms with Crippen LogP contribution >= 0.6 is 15.9 Å². The van der Waals surface area contributed by atoms with Crippen LogP contribution in [0.25, 0.3) is 11.1 Å². The van der Waals surface area contributed by atoms with E-state index in [0.717, 1.165) is 10.0 Å². The van der Waals surface area contributed by atoms with E-state index in [9.17, 15) is 9.18 Å². The fraction of sp³-hybridized carbons (Fsp3) is 0. The topological polar surface area (TPSA) is 17.1 Å². The van der Waals surface area contributed by atoms with E-state index in [0.29, 0.717) is 11.1 Å². The first-order chi connectivity index (χ1) is 7.68. The normalized spacial score (nSPS) is 12.5. The molecule has 2 aromatic rings. The van der Waals surface area contributed by atoms with Gasteiger partial charge in [0, 0.05) is 10.0 Å². The lowest BCUT2D eigenvalue weighted by Crippen LogP contribution is -1.98. The lowest BCUT2D eigenvalue weighted by Gasteiger charge is -1.99. The second-order valence-corrected chi connectivity index (χ2v) is 4.60. The second-order valence-electron chi connectivity index (χ2n) is 3.68. The van der Waals surface area contributed by atoms with Crippen LogP contribution in [0.4, 0.5) is 4.39 Å². The van der Waals surface area contributed by atoms with Crippen LogP contribution in [-0.2, 0) is 0 Å². The van der Waals surface area contributed by atoms with Crippen LogP contribution < -0.4 is 0 Å². The first-order valence-corrected chi connectivity index (χ1v) is 5.61. The SMILES string of the molecule is O=C1c2cc(Br)ccc2-c2cccc(F)c21. The Labute approximate surface area is 100 Å². The first-order valence-electron chi connectivity index (χ1n) is 4.81. The Balaban J connectivity index is 2.39. The molecule has 1 aliphatic rings. The van der Waals surface area contributed by atoms with E-state index >= 15 is 0 Å². The molecule has 0 saturated carbocycles. The third-order valence-electron chi connectivity index (χ3n) is 2.76. The highest BCUT2D eigenvalue weighted by Crippen LogP contribution is 2.38. The molecule has 0 amide bonds. The van der Waals surface area contributed by atoms with Gasteiger partial charge in [0.2, 0.25) is 0 Å². The van der Waals surface area contributed by atoms with Gasteiger partial charge in [-0.1, -0.05) is 34.1 Å². The maximum atomic E-state index is 13.6. The monoisotopic (exact) mass is 276 g/mol. The predicted octanol–water partition coefficient (Wildman–Crippen LogP) is 3.80. The van der Waals surface area contributed by atoms with Gasteiger partial charge in [-0.25, -0.2) is 4.39 Å².